The lowest BCUT2D eigenvalue weighted by atomic mass is 9.91. The molecular formula is C35H36ClN5O3S. The number of carboxylic acids is 1. The van der Waals surface area contributed by atoms with E-state index in [4.69, 9.17) is 26.3 Å². The highest BCUT2D eigenvalue weighted by Gasteiger charge is 2.32. The number of thiazole rings is 1. The van der Waals surface area contributed by atoms with Gasteiger partial charge in [0.2, 0.25) is 0 Å². The van der Waals surface area contributed by atoms with Crippen molar-refractivity contribution in [3.05, 3.63) is 83.1 Å². The van der Waals surface area contributed by atoms with Gasteiger partial charge in [0.25, 0.3) is 0 Å². The van der Waals surface area contributed by atoms with E-state index in [9.17, 15) is 9.90 Å². The molecule has 0 saturated carbocycles. The number of hydrogen-bond donors (Lipinski definition) is 1. The van der Waals surface area contributed by atoms with Crippen LogP contribution in [0.1, 0.15) is 38.0 Å². The third kappa shape index (κ3) is 6.72. The van der Waals surface area contributed by atoms with Gasteiger partial charge in [0.15, 0.2) is 6.10 Å². The Hall–Kier alpha value is -3.89. The quantitative estimate of drug-likeness (QED) is 0.193. The largest absolute Gasteiger partial charge is 0.479 e. The molecule has 0 spiro atoms. The summed E-state index contributed by atoms with van der Waals surface area (Å²) in [6.45, 7) is 11.5. The van der Waals surface area contributed by atoms with Crippen LogP contribution in [0.4, 0.5) is 5.82 Å². The SMILES string of the molecule is Cc1cc2nc(-c3ccnc(-c4ccc(N5CCN(C)CC5)nc4)c3)sc2c(-c2ccc(Cl)cc2)c1C(OC(C)(C)C)C(=O)O. The zero-order valence-electron chi connectivity index (χ0n) is 26.0. The lowest BCUT2D eigenvalue weighted by Gasteiger charge is -2.33. The molecule has 10 heteroatoms. The molecule has 45 heavy (non-hydrogen) atoms. The van der Waals surface area contributed by atoms with Gasteiger partial charge in [-0.1, -0.05) is 23.7 Å². The number of likely N-dealkylation sites (N-methyl/N-ethyl adjacent to an activating group) is 1. The monoisotopic (exact) mass is 641 g/mol. The van der Waals surface area contributed by atoms with Gasteiger partial charge in [0, 0.05) is 65.8 Å². The maximum Gasteiger partial charge on any atom is 0.337 e. The highest BCUT2D eigenvalue weighted by molar-refractivity contribution is 7.22. The van der Waals surface area contributed by atoms with Crippen molar-refractivity contribution in [3.8, 4) is 33.0 Å². The number of ether oxygens (including phenoxy) is 1. The highest BCUT2D eigenvalue weighted by atomic mass is 35.5. The molecule has 3 aromatic heterocycles. The zero-order chi connectivity index (χ0) is 31.9. The van der Waals surface area contributed by atoms with Crippen LogP contribution < -0.4 is 4.90 Å². The Balaban J connectivity index is 1.42. The molecule has 8 nitrogen and oxygen atoms in total. The summed E-state index contributed by atoms with van der Waals surface area (Å²) in [4.78, 5) is 31.7. The first kappa shape index (κ1) is 31.1. The van der Waals surface area contributed by atoms with Crippen molar-refractivity contribution in [3.63, 3.8) is 0 Å². The van der Waals surface area contributed by atoms with Gasteiger partial charge in [0.05, 0.1) is 21.5 Å². The third-order valence-electron chi connectivity index (χ3n) is 7.90. The van der Waals surface area contributed by atoms with Crippen LogP contribution in [0.2, 0.25) is 5.02 Å². The maximum absolute atomic E-state index is 12.7. The fourth-order valence-corrected chi connectivity index (χ4v) is 6.89. The molecule has 0 bridgehead atoms. The topological polar surface area (TPSA) is 91.7 Å². The third-order valence-corrected chi connectivity index (χ3v) is 9.29. The van der Waals surface area contributed by atoms with Crippen LogP contribution in [0.15, 0.2) is 67.0 Å². The minimum absolute atomic E-state index is 0.602. The van der Waals surface area contributed by atoms with E-state index in [0.29, 0.717) is 10.6 Å². The molecule has 1 aliphatic heterocycles. The molecule has 1 aliphatic rings. The van der Waals surface area contributed by atoms with E-state index in [2.05, 4.69) is 34.0 Å². The van der Waals surface area contributed by atoms with E-state index in [1.165, 1.54) is 11.3 Å². The van der Waals surface area contributed by atoms with Gasteiger partial charge in [-0.05, 0) is 88.3 Å². The second-order valence-electron chi connectivity index (χ2n) is 12.4. The van der Waals surface area contributed by atoms with Crippen molar-refractivity contribution in [1.29, 1.82) is 0 Å². The molecule has 2 aromatic carbocycles. The number of aliphatic carboxylic acids is 1. The number of carboxylic acid groups (broad SMARTS) is 1. The molecule has 1 N–H and O–H groups in total. The van der Waals surface area contributed by atoms with E-state index < -0.39 is 17.7 Å². The first-order valence-corrected chi connectivity index (χ1v) is 16.1. The van der Waals surface area contributed by atoms with Crippen molar-refractivity contribution in [2.45, 2.75) is 39.4 Å². The number of aromatic nitrogens is 3. The lowest BCUT2D eigenvalue weighted by Crippen LogP contribution is -2.44. The standard InChI is InChI=1S/C35H36ClN5O3S/c1-21-18-27-32(30(22-6-9-25(36)10-7-22)29(21)31(34(42)43)44-35(2,3)4)45-33(39-27)23-12-13-37-26(19-23)24-8-11-28(38-20-24)41-16-14-40(5)15-17-41/h6-13,18-20,31H,14-17H2,1-5H3,(H,42,43). The van der Waals surface area contributed by atoms with Crippen molar-refractivity contribution < 1.29 is 14.6 Å². The molecule has 232 valence electrons. The Labute approximate surface area is 272 Å². The van der Waals surface area contributed by atoms with Crippen molar-refractivity contribution in [2.24, 2.45) is 0 Å². The Morgan fingerprint density at radius 1 is 0.978 bits per heavy atom. The first-order valence-electron chi connectivity index (χ1n) is 14.9. The number of nitrogens with zero attached hydrogens (tertiary/aromatic N) is 5. The molecule has 1 unspecified atom stereocenters. The number of piperazine rings is 1. The van der Waals surface area contributed by atoms with Gasteiger partial charge in [0.1, 0.15) is 10.8 Å². The van der Waals surface area contributed by atoms with Crippen LogP contribution in [0, 0.1) is 6.92 Å². The molecule has 1 fully saturated rings. The smallest absolute Gasteiger partial charge is 0.337 e. The van der Waals surface area contributed by atoms with E-state index in [-0.39, 0.29) is 0 Å². The normalized spacial score (nSPS) is 15.0. The van der Waals surface area contributed by atoms with Crippen molar-refractivity contribution in [1.82, 2.24) is 19.9 Å². The van der Waals surface area contributed by atoms with Crippen LogP contribution in [-0.4, -0.2) is 69.8 Å². The molecular weight excluding hydrogens is 606 g/mol. The Kier molecular flexibility index (Phi) is 8.63. The van der Waals surface area contributed by atoms with Crippen molar-refractivity contribution in [2.75, 3.05) is 38.1 Å². The van der Waals surface area contributed by atoms with E-state index in [1.54, 1.807) is 6.20 Å². The number of halogens is 1. The van der Waals surface area contributed by atoms with Gasteiger partial charge in [-0.2, -0.15) is 0 Å². The molecule has 0 aliphatic carbocycles. The number of anilines is 1. The van der Waals surface area contributed by atoms with Crippen LogP contribution in [-0.2, 0) is 9.53 Å². The lowest BCUT2D eigenvalue weighted by molar-refractivity contribution is -0.160. The summed E-state index contributed by atoms with van der Waals surface area (Å²) in [7, 11) is 2.14. The average Bonchev–Trinajstić information content (AvgIpc) is 3.44. The summed E-state index contributed by atoms with van der Waals surface area (Å²) < 4.78 is 7.03. The number of carbonyl (C=O) groups is 1. The summed E-state index contributed by atoms with van der Waals surface area (Å²) in [6.07, 6.45) is 2.51. The molecule has 0 amide bonds. The summed E-state index contributed by atoms with van der Waals surface area (Å²) in [5, 5.41) is 11.8. The average molecular weight is 642 g/mol. The number of aryl methyl sites for hydroxylation is 1. The summed E-state index contributed by atoms with van der Waals surface area (Å²) in [5.41, 5.74) is 5.83. The summed E-state index contributed by atoms with van der Waals surface area (Å²) >= 11 is 7.77. The summed E-state index contributed by atoms with van der Waals surface area (Å²) in [5.74, 6) is -0.0662. The van der Waals surface area contributed by atoms with Crippen LogP contribution in [0.5, 0.6) is 0 Å². The van der Waals surface area contributed by atoms with Crippen LogP contribution >= 0.6 is 22.9 Å². The van der Waals surface area contributed by atoms with E-state index in [1.807, 2.05) is 76.4 Å². The zero-order valence-corrected chi connectivity index (χ0v) is 27.6. The van der Waals surface area contributed by atoms with Gasteiger partial charge >= 0.3 is 5.97 Å². The highest BCUT2D eigenvalue weighted by Crippen LogP contribution is 2.44. The molecule has 1 atom stereocenters. The molecule has 4 heterocycles. The molecule has 6 rings (SSSR count). The second-order valence-corrected chi connectivity index (χ2v) is 13.9. The van der Waals surface area contributed by atoms with Crippen LogP contribution in [0.25, 0.3) is 43.2 Å². The minimum atomic E-state index is -1.17. The fraction of sp³-hybridized carbons (Fsp3) is 0.314. The number of benzene rings is 2. The summed E-state index contributed by atoms with van der Waals surface area (Å²) in [6, 6.07) is 17.5. The van der Waals surface area contributed by atoms with Gasteiger partial charge in [-0.25, -0.2) is 14.8 Å². The van der Waals surface area contributed by atoms with Gasteiger partial charge < -0.3 is 19.6 Å². The number of fused-ring (bicyclic) bond motifs is 1. The predicted octanol–water partition coefficient (Wildman–Crippen LogP) is 7.74. The molecule has 0 radical (unpaired) electrons. The molecule has 1 saturated heterocycles. The number of hydrogen-bond acceptors (Lipinski definition) is 8. The van der Waals surface area contributed by atoms with Crippen molar-refractivity contribution >= 4 is 44.9 Å². The molecule has 5 aromatic rings. The number of rotatable bonds is 7. The van der Waals surface area contributed by atoms with Crippen LogP contribution in [0.3, 0.4) is 0 Å². The first-order chi connectivity index (χ1) is 21.5. The Morgan fingerprint density at radius 2 is 1.69 bits per heavy atom. The minimum Gasteiger partial charge on any atom is -0.479 e. The Morgan fingerprint density at radius 3 is 2.33 bits per heavy atom. The second kappa shape index (κ2) is 12.5. The predicted molar refractivity (Wildman–Crippen MR) is 182 cm³/mol. The fourth-order valence-electron chi connectivity index (χ4n) is 5.64. The number of pyridine rings is 2. The van der Waals surface area contributed by atoms with E-state index >= 15 is 0 Å². The Bertz CT molecular complexity index is 1840. The van der Waals surface area contributed by atoms with E-state index in [0.717, 1.165) is 80.7 Å². The van der Waals surface area contributed by atoms with Gasteiger partial charge in [-0.15, -0.1) is 11.3 Å². The maximum atomic E-state index is 12.7. The van der Waals surface area contributed by atoms with Gasteiger partial charge in [-0.3, -0.25) is 4.98 Å².